The van der Waals surface area contributed by atoms with Crippen molar-refractivity contribution in [2.45, 2.75) is 20.3 Å². The van der Waals surface area contributed by atoms with Gasteiger partial charge in [-0.15, -0.1) is 0 Å². The van der Waals surface area contributed by atoms with Crippen molar-refractivity contribution in [2.75, 3.05) is 12.4 Å². The molecule has 4 nitrogen and oxygen atoms in total. The molecule has 0 aliphatic heterocycles. The smallest absolute Gasteiger partial charge is 0.132 e. The molecule has 0 saturated heterocycles. The summed E-state index contributed by atoms with van der Waals surface area (Å²) in [6, 6.07) is 12.3. The number of anilines is 1. The Morgan fingerprint density at radius 2 is 1.76 bits per heavy atom. The second kappa shape index (κ2) is 5.48. The van der Waals surface area contributed by atoms with E-state index in [0.717, 1.165) is 39.5 Å². The Labute approximate surface area is 124 Å². The summed E-state index contributed by atoms with van der Waals surface area (Å²) < 4.78 is 0. The average Bonchev–Trinajstić information content (AvgIpc) is 2.50. The second-order valence-corrected chi connectivity index (χ2v) is 5.11. The van der Waals surface area contributed by atoms with Gasteiger partial charge in [-0.1, -0.05) is 24.3 Å². The standard InChI is InChI=1S/C17H18N4/c1-11-16(19-12(2)20-17(11)18-3)10-14-9-8-13-6-4-5-7-15(13)21-14/h4-9H,10H2,1-3H3,(H,18,19,20). The summed E-state index contributed by atoms with van der Waals surface area (Å²) in [5, 5.41) is 4.28. The quantitative estimate of drug-likeness (QED) is 0.799. The summed E-state index contributed by atoms with van der Waals surface area (Å²) in [5.74, 6) is 1.67. The van der Waals surface area contributed by atoms with Crippen LogP contribution in [0.25, 0.3) is 10.9 Å². The van der Waals surface area contributed by atoms with Crippen LogP contribution in [0.3, 0.4) is 0 Å². The van der Waals surface area contributed by atoms with Crippen LogP contribution in [-0.4, -0.2) is 22.0 Å². The fraction of sp³-hybridized carbons (Fsp3) is 0.235. The molecular weight excluding hydrogens is 260 g/mol. The Bertz CT molecular complexity index is 796. The van der Waals surface area contributed by atoms with Crippen molar-refractivity contribution in [3.63, 3.8) is 0 Å². The highest BCUT2D eigenvalue weighted by Gasteiger charge is 2.09. The highest BCUT2D eigenvalue weighted by molar-refractivity contribution is 5.78. The maximum Gasteiger partial charge on any atom is 0.132 e. The molecule has 3 rings (SSSR count). The van der Waals surface area contributed by atoms with Crippen molar-refractivity contribution >= 4 is 16.7 Å². The van der Waals surface area contributed by atoms with E-state index in [4.69, 9.17) is 4.98 Å². The van der Waals surface area contributed by atoms with Crippen molar-refractivity contribution < 1.29 is 0 Å². The Hall–Kier alpha value is -2.49. The molecule has 0 spiro atoms. The van der Waals surface area contributed by atoms with Crippen LogP contribution in [0, 0.1) is 13.8 Å². The zero-order valence-corrected chi connectivity index (χ0v) is 12.5. The van der Waals surface area contributed by atoms with Crippen molar-refractivity contribution in [3.8, 4) is 0 Å². The Balaban J connectivity index is 2.00. The normalized spacial score (nSPS) is 10.8. The Kier molecular flexibility index (Phi) is 3.52. The number of nitrogens with one attached hydrogen (secondary N) is 1. The van der Waals surface area contributed by atoms with Gasteiger partial charge in [0, 0.05) is 30.1 Å². The van der Waals surface area contributed by atoms with E-state index in [0.29, 0.717) is 6.42 Å². The first-order valence-corrected chi connectivity index (χ1v) is 7.04. The van der Waals surface area contributed by atoms with E-state index in [1.165, 1.54) is 0 Å². The molecule has 4 heteroatoms. The third kappa shape index (κ3) is 2.70. The van der Waals surface area contributed by atoms with E-state index in [-0.39, 0.29) is 0 Å². The van der Waals surface area contributed by atoms with E-state index in [9.17, 15) is 0 Å². The third-order valence-corrected chi connectivity index (χ3v) is 3.60. The fourth-order valence-electron chi connectivity index (χ4n) is 2.48. The zero-order valence-electron chi connectivity index (χ0n) is 12.5. The van der Waals surface area contributed by atoms with Crippen LogP contribution in [0.5, 0.6) is 0 Å². The number of aryl methyl sites for hydroxylation is 1. The van der Waals surface area contributed by atoms with Gasteiger partial charge in [-0.2, -0.15) is 0 Å². The van der Waals surface area contributed by atoms with Gasteiger partial charge in [-0.25, -0.2) is 9.97 Å². The molecule has 21 heavy (non-hydrogen) atoms. The summed E-state index contributed by atoms with van der Waals surface area (Å²) in [6.07, 6.45) is 0.717. The second-order valence-electron chi connectivity index (χ2n) is 5.11. The van der Waals surface area contributed by atoms with E-state index < -0.39 is 0 Å². The first-order chi connectivity index (χ1) is 10.2. The van der Waals surface area contributed by atoms with E-state index in [1.54, 1.807) is 0 Å². The summed E-state index contributed by atoms with van der Waals surface area (Å²) >= 11 is 0. The lowest BCUT2D eigenvalue weighted by Crippen LogP contribution is -2.06. The lowest BCUT2D eigenvalue weighted by Gasteiger charge is -2.11. The number of para-hydroxylation sites is 1. The number of fused-ring (bicyclic) bond motifs is 1. The lowest BCUT2D eigenvalue weighted by atomic mass is 10.1. The van der Waals surface area contributed by atoms with Gasteiger partial charge in [0.2, 0.25) is 0 Å². The Morgan fingerprint density at radius 3 is 2.57 bits per heavy atom. The molecule has 0 atom stereocenters. The highest BCUT2D eigenvalue weighted by atomic mass is 15.0. The van der Waals surface area contributed by atoms with Crippen molar-refractivity contribution in [2.24, 2.45) is 0 Å². The summed E-state index contributed by atoms with van der Waals surface area (Å²) in [7, 11) is 1.88. The maximum atomic E-state index is 4.72. The highest BCUT2D eigenvalue weighted by Crippen LogP contribution is 2.19. The van der Waals surface area contributed by atoms with Gasteiger partial charge in [-0.05, 0) is 26.0 Å². The molecule has 0 radical (unpaired) electrons. The monoisotopic (exact) mass is 278 g/mol. The molecule has 0 unspecified atom stereocenters. The maximum absolute atomic E-state index is 4.72. The average molecular weight is 278 g/mol. The van der Waals surface area contributed by atoms with Crippen LogP contribution in [-0.2, 0) is 6.42 Å². The molecule has 3 aromatic rings. The van der Waals surface area contributed by atoms with E-state index >= 15 is 0 Å². The summed E-state index contributed by atoms with van der Waals surface area (Å²) in [6.45, 7) is 3.96. The molecule has 1 N–H and O–H groups in total. The minimum atomic E-state index is 0.717. The number of hydrogen-bond acceptors (Lipinski definition) is 4. The van der Waals surface area contributed by atoms with E-state index in [2.05, 4.69) is 33.5 Å². The van der Waals surface area contributed by atoms with Crippen molar-refractivity contribution in [1.29, 1.82) is 0 Å². The topological polar surface area (TPSA) is 50.7 Å². The number of hydrogen-bond donors (Lipinski definition) is 1. The zero-order chi connectivity index (χ0) is 14.8. The largest absolute Gasteiger partial charge is 0.373 e. The first kappa shape index (κ1) is 13.5. The number of pyridine rings is 1. The van der Waals surface area contributed by atoms with Crippen molar-refractivity contribution in [3.05, 3.63) is 59.2 Å². The van der Waals surface area contributed by atoms with Crippen LogP contribution in [0.15, 0.2) is 36.4 Å². The molecule has 0 aliphatic carbocycles. The van der Waals surface area contributed by atoms with E-state index in [1.807, 2.05) is 39.1 Å². The molecular formula is C17H18N4. The van der Waals surface area contributed by atoms with Gasteiger partial charge in [-0.3, -0.25) is 4.98 Å². The predicted molar refractivity (Wildman–Crippen MR) is 85.6 cm³/mol. The van der Waals surface area contributed by atoms with Gasteiger partial charge in [0.15, 0.2) is 0 Å². The minimum absolute atomic E-state index is 0.717. The van der Waals surface area contributed by atoms with Gasteiger partial charge in [0.05, 0.1) is 11.2 Å². The molecule has 2 heterocycles. The minimum Gasteiger partial charge on any atom is -0.373 e. The first-order valence-electron chi connectivity index (χ1n) is 7.04. The molecule has 0 bridgehead atoms. The summed E-state index contributed by atoms with van der Waals surface area (Å²) in [5.41, 5.74) is 4.15. The molecule has 0 fully saturated rings. The van der Waals surface area contributed by atoms with Crippen LogP contribution in [0.2, 0.25) is 0 Å². The number of nitrogens with zero attached hydrogens (tertiary/aromatic N) is 3. The van der Waals surface area contributed by atoms with Gasteiger partial charge in [0.25, 0.3) is 0 Å². The SMILES string of the molecule is CNc1nc(C)nc(Cc2ccc3ccccc3n2)c1C. The van der Waals surface area contributed by atoms with Gasteiger partial charge < -0.3 is 5.32 Å². The molecule has 0 saturated carbocycles. The van der Waals surface area contributed by atoms with Crippen molar-refractivity contribution in [1.82, 2.24) is 15.0 Å². The number of benzene rings is 1. The van der Waals surface area contributed by atoms with Crippen LogP contribution in [0.1, 0.15) is 22.8 Å². The molecule has 2 aromatic heterocycles. The molecule has 106 valence electrons. The fourth-order valence-corrected chi connectivity index (χ4v) is 2.48. The van der Waals surface area contributed by atoms with Gasteiger partial charge in [0.1, 0.15) is 11.6 Å². The molecule has 0 aliphatic rings. The Morgan fingerprint density at radius 1 is 0.952 bits per heavy atom. The van der Waals surface area contributed by atoms with Crippen LogP contribution in [0.4, 0.5) is 5.82 Å². The van der Waals surface area contributed by atoms with Gasteiger partial charge >= 0.3 is 0 Å². The lowest BCUT2D eigenvalue weighted by molar-refractivity contribution is 0.931. The van der Waals surface area contributed by atoms with Crippen LogP contribution < -0.4 is 5.32 Å². The molecule has 1 aromatic carbocycles. The van der Waals surface area contributed by atoms with Crippen LogP contribution >= 0.6 is 0 Å². The third-order valence-electron chi connectivity index (χ3n) is 3.60. The predicted octanol–water partition coefficient (Wildman–Crippen LogP) is 3.27. The number of aromatic nitrogens is 3. The summed E-state index contributed by atoms with van der Waals surface area (Å²) in [4.78, 5) is 13.7. The molecule has 0 amide bonds. The number of rotatable bonds is 3.